The van der Waals surface area contributed by atoms with E-state index in [1.165, 1.54) is 0 Å². The third-order valence-electron chi connectivity index (χ3n) is 2.39. The summed E-state index contributed by atoms with van der Waals surface area (Å²) in [6, 6.07) is 0.545. The molecule has 0 saturated carbocycles. The van der Waals surface area contributed by atoms with Gasteiger partial charge < -0.3 is 20.7 Å². The highest BCUT2D eigenvalue weighted by atomic mass is 16.5. The van der Waals surface area contributed by atoms with Crippen molar-refractivity contribution in [2.45, 2.75) is 26.3 Å². The second-order valence-electron chi connectivity index (χ2n) is 4.12. The van der Waals surface area contributed by atoms with Crippen LogP contribution >= 0.6 is 0 Å². The Kier molecular flexibility index (Phi) is 9.18. The minimum atomic E-state index is -0.0688. The summed E-state index contributed by atoms with van der Waals surface area (Å²) in [5.41, 5.74) is 5.24. The number of hydrogen-bond acceptors (Lipinski definition) is 4. The maximum absolute atomic E-state index is 11.2. The Bertz CT molecular complexity index is 186. The van der Waals surface area contributed by atoms with E-state index in [0.29, 0.717) is 25.7 Å². The molecular formula is C11H25N3O2. The van der Waals surface area contributed by atoms with Gasteiger partial charge in [0, 0.05) is 19.1 Å². The highest BCUT2D eigenvalue weighted by Gasteiger charge is 2.03. The number of nitrogens with one attached hydrogen (secondary N) is 1. The van der Waals surface area contributed by atoms with Gasteiger partial charge in [-0.2, -0.15) is 0 Å². The molecule has 1 amide bonds. The lowest BCUT2D eigenvalue weighted by molar-refractivity contribution is -0.125. The Balaban J connectivity index is 3.34. The molecule has 0 spiro atoms. The van der Waals surface area contributed by atoms with E-state index in [0.717, 1.165) is 13.0 Å². The molecule has 0 radical (unpaired) electrons. The van der Waals surface area contributed by atoms with E-state index in [1.54, 1.807) is 0 Å². The molecule has 5 heteroatoms. The van der Waals surface area contributed by atoms with Crippen molar-refractivity contribution in [3.63, 3.8) is 0 Å². The van der Waals surface area contributed by atoms with Crippen molar-refractivity contribution in [1.29, 1.82) is 0 Å². The van der Waals surface area contributed by atoms with Crippen LogP contribution in [0.3, 0.4) is 0 Å². The number of carbonyl (C=O) groups excluding carboxylic acids is 1. The molecule has 0 aliphatic carbocycles. The largest absolute Gasteiger partial charge is 0.370 e. The van der Waals surface area contributed by atoms with Crippen molar-refractivity contribution >= 4 is 5.91 Å². The van der Waals surface area contributed by atoms with Gasteiger partial charge in [0.2, 0.25) is 5.91 Å². The van der Waals surface area contributed by atoms with Gasteiger partial charge in [-0.25, -0.2) is 0 Å². The predicted octanol–water partition coefficient (Wildman–Crippen LogP) is -0.192. The highest BCUT2D eigenvalue weighted by Crippen LogP contribution is 1.93. The predicted molar refractivity (Wildman–Crippen MR) is 65.3 cm³/mol. The zero-order chi connectivity index (χ0) is 12.4. The van der Waals surface area contributed by atoms with Crippen LogP contribution in [0.25, 0.3) is 0 Å². The van der Waals surface area contributed by atoms with Crippen molar-refractivity contribution < 1.29 is 9.53 Å². The number of ether oxygens (including phenoxy) is 1. The smallest absolute Gasteiger partial charge is 0.245 e. The summed E-state index contributed by atoms with van der Waals surface area (Å²) in [5, 5.41) is 2.80. The van der Waals surface area contributed by atoms with Crippen molar-refractivity contribution in [2.75, 3.05) is 39.9 Å². The maximum Gasteiger partial charge on any atom is 0.245 e. The van der Waals surface area contributed by atoms with Gasteiger partial charge in [-0.1, -0.05) is 0 Å². The summed E-state index contributed by atoms with van der Waals surface area (Å²) < 4.78 is 5.01. The first kappa shape index (κ1) is 15.3. The molecule has 0 bridgehead atoms. The van der Waals surface area contributed by atoms with Gasteiger partial charge in [0.15, 0.2) is 0 Å². The Morgan fingerprint density at radius 3 is 2.75 bits per heavy atom. The van der Waals surface area contributed by atoms with Crippen LogP contribution in [-0.2, 0) is 9.53 Å². The number of nitrogens with zero attached hydrogens (tertiary/aromatic N) is 1. The van der Waals surface area contributed by atoms with E-state index in [4.69, 9.17) is 10.5 Å². The molecule has 0 heterocycles. The van der Waals surface area contributed by atoms with E-state index < -0.39 is 0 Å². The fourth-order valence-corrected chi connectivity index (χ4v) is 1.11. The van der Waals surface area contributed by atoms with Crippen molar-refractivity contribution in [2.24, 2.45) is 5.73 Å². The molecule has 0 rings (SSSR count). The van der Waals surface area contributed by atoms with E-state index in [-0.39, 0.29) is 12.5 Å². The van der Waals surface area contributed by atoms with Gasteiger partial charge in [0.25, 0.3) is 0 Å². The Morgan fingerprint density at radius 2 is 2.19 bits per heavy atom. The lowest BCUT2D eigenvalue weighted by Gasteiger charge is -2.20. The van der Waals surface area contributed by atoms with Crippen LogP contribution in [0.2, 0.25) is 0 Å². The van der Waals surface area contributed by atoms with Gasteiger partial charge in [-0.3, -0.25) is 4.79 Å². The van der Waals surface area contributed by atoms with Crippen LogP contribution in [0.5, 0.6) is 0 Å². The van der Waals surface area contributed by atoms with Gasteiger partial charge in [-0.05, 0) is 33.9 Å². The molecule has 16 heavy (non-hydrogen) atoms. The number of rotatable bonds is 9. The third kappa shape index (κ3) is 8.64. The zero-order valence-corrected chi connectivity index (χ0v) is 10.7. The standard InChI is InChI=1S/C11H25N3O2/c1-10(2)14(3)7-4-6-13-11(15)9-16-8-5-12/h10H,4-9,12H2,1-3H3,(H,13,15). The fourth-order valence-electron chi connectivity index (χ4n) is 1.11. The first-order valence-corrected chi connectivity index (χ1v) is 5.82. The van der Waals surface area contributed by atoms with Crippen LogP contribution in [-0.4, -0.2) is 56.7 Å². The maximum atomic E-state index is 11.2. The number of amides is 1. The number of nitrogens with two attached hydrogens (primary N) is 1. The lowest BCUT2D eigenvalue weighted by atomic mass is 10.3. The Labute approximate surface area is 98.3 Å². The first-order chi connectivity index (χ1) is 7.57. The quantitative estimate of drug-likeness (QED) is 0.540. The SMILES string of the molecule is CC(C)N(C)CCCNC(=O)COCCN. The summed E-state index contributed by atoms with van der Waals surface area (Å²) in [6.45, 7) is 6.98. The minimum Gasteiger partial charge on any atom is -0.370 e. The average Bonchev–Trinajstić information content (AvgIpc) is 2.24. The van der Waals surface area contributed by atoms with Crippen LogP contribution in [0.4, 0.5) is 0 Å². The molecule has 0 aliphatic heterocycles. The van der Waals surface area contributed by atoms with Gasteiger partial charge in [0.1, 0.15) is 6.61 Å². The topological polar surface area (TPSA) is 67.6 Å². The van der Waals surface area contributed by atoms with E-state index in [2.05, 4.69) is 31.1 Å². The van der Waals surface area contributed by atoms with Crippen LogP contribution in [0.15, 0.2) is 0 Å². The van der Waals surface area contributed by atoms with Crippen molar-refractivity contribution in [3.8, 4) is 0 Å². The molecule has 0 fully saturated rings. The molecule has 0 aromatic rings. The normalized spacial score (nSPS) is 11.1. The van der Waals surface area contributed by atoms with Crippen LogP contribution in [0, 0.1) is 0 Å². The third-order valence-corrected chi connectivity index (χ3v) is 2.39. The fraction of sp³-hybridized carbons (Fsp3) is 0.909. The molecule has 0 unspecified atom stereocenters. The van der Waals surface area contributed by atoms with E-state index in [1.807, 2.05) is 0 Å². The zero-order valence-electron chi connectivity index (χ0n) is 10.7. The van der Waals surface area contributed by atoms with E-state index in [9.17, 15) is 4.79 Å². The molecule has 0 aliphatic rings. The van der Waals surface area contributed by atoms with Crippen LogP contribution in [0.1, 0.15) is 20.3 Å². The lowest BCUT2D eigenvalue weighted by Crippen LogP contribution is -2.33. The second kappa shape index (κ2) is 9.57. The van der Waals surface area contributed by atoms with Crippen LogP contribution < -0.4 is 11.1 Å². The second-order valence-corrected chi connectivity index (χ2v) is 4.12. The summed E-state index contributed by atoms with van der Waals surface area (Å²) >= 11 is 0. The van der Waals surface area contributed by atoms with Gasteiger partial charge in [0.05, 0.1) is 6.61 Å². The highest BCUT2D eigenvalue weighted by molar-refractivity contribution is 5.77. The van der Waals surface area contributed by atoms with E-state index >= 15 is 0 Å². The monoisotopic (exact) mass is 231 g/mol. The van der Waals surface area contributed by atoms with Gasteiger partial charge in [-0.15, -0.1) is 0 Å². The molecule has 0 aromatic heterocycles. The van der Waals surface area contributed by atoms with Gasteiger partial charge >= 0.3 is 0 Å². The minimum absolute atomic E-state index is 0.0688. The molecule has 0 atom stereocenters. The molecule has 0 aromatic carbocycles. The first-order valence-electron chi connectivity index (χ1n) is 5.82. The van der Waals surface area contributed by atoms with Crippen molar-refractivity contribution in [3.05, 3.63) is 0 Å². The Hall–Kier alpha value is -0.650. The summed E-state index contributed by atoms with van der Waals surface area (Å²) in [5.74, 6) is -0.0688. The van der Waals surface area contributed by atoms with Crippen molar-refractivity contribution in [1.82, 2.24) is 10.2 Å². The summed E-state index contributed by atoms with van der Waals surface area (Å²) in [6.07, 6.45) is 0.956. The number of hydrogen-bond donors (Lipinski definition) is 2. The molecule has 0 saturated heterocycles. The molecule has 96 valence electrons. The summed E-state index contributed by atoms with van der Waals surface area (Å²) in [7, 11) is 2.08. The molecular weight excluding hydrogens is 206 g/mol. The molecule has 3 N–H and O–H groups in total. The Morgan fingerprint density at radius 1 is 1.50 bits per heavy atom. The average molecular weight is 231 g/mol. The molecule has 5 nitrogen and oxygen atoms in total. The number of carbonyl (C=O) groups is 1. The summed E-state index contributed by atoms with van der Waals surface area (Å²) in [4.78, 5) is 13.5.